The third-order valence-corrected chi connectivity index (χ3v) is 4.65. The molecule has 0 saturated carbocycles. The van der Waals surface area contributed by atoms with E-state index in [1.807, 2.05) is 66.7 Å². The first-order valence-corrected chi connectivity index (χ1v) is 9.48. The molecule has 138 valence electrons. The zero-order chi connectivity index (χ0) is 19.1. The van der Waals surface area contributed by atoms with Crippen molar-refractivity contribution in [3.63, 3.8) is 0 Å². The smallest absolute Gasteiger partial charge is 0.243 e. The number of rotatable bonds is 7. The first kappa shape index (κ1) is 19.0. The standard InChI is InChI=1S/C22H22N2O2S/c25-21(15-27)24-20(22(26)23-14-16-6-2-1-3-7-16)13-17-10-11-18-8-4-5-9-19(18)12-17/h1-12,20,27H,13-15H2,(H,23,26)(H,24,25)/t20-/m0/s1. The normalized spacial score (nSPS) is 11.7. The minimum absolute atomic E-state index is 0.0419. The van der Waals surface area contributed by atoms with Crippen LogP contribution in [0.15, 0.2) is 72.8 Å². The Bertz CT molecular complexity index is 928. The van der Waals surface area contributed by atoms with Gasteiger partial charge in [-0.1, -0.05) is 72.8 Å². The van der Waals surface area contributed by atoms with Gasteiger partial charge in [-0.25, -0.2) is 0 Å². The van der Waals surface area contributed by atoms with Crippen LogP contribution in [0, 0.1) is 0 Å². The van der Waals surface area contributed by atoms with Gasteiger partial charge >= 0.3 is 0 Å². The van der Waals surface area contributed by atoms with E-state index in [1.54, 1.807) is 0 Å². The van der Waals surface area contributed by atoms with Gasteiger partial charge in [0.25, 0.3) is 0 Å². The Balaban J connectivity index is 1.73. The van der Waals surface area contributed by atoms with Crippen LogP contribution in [-0.2, 0) is 22.6 Å². The molecule has 3 aromatic carbocycles. The van der Waals surface area contributed by atoms with Gasteiger partial charge in [0, 0.05) is 13.0 Å². The van der Waals surface area contributed by atoms with E-state index >= 15 is 0 Å². The molecular weight excluding hydrogens is 356 g/mol. The van der Waals surface area contributed by atoms with Crippen molar-refractivity contribution in [1.29, 1.82) is 0 Å². The van der Waals surface area contributed by atoms with Crippen LogP contribution in [-0.4, -0.2) is 23.6 Å². The molecule has 0 fully saturated rings. The maximum absolute atomic E-state index is 12.7. The van der Waals surface area contributed by atoms with Gasteiger partial charge in [0.1, 0.15) is 6.04 Å². The summed E-state index contributed by atoms with van der Waals surface area (Å²) < 4.78 is 0. The molecule has 2 amide bonds. The SMILES string of the molecule is O=C(CS)N[C@@H](Cc1ccc2ccccc2c1)C(=O)NCc1ccccc1. The van der Waals surface area contributed by atoms with Crippen LogP contribution in [0.4, 0.5) is 0 Å². The van der Waals surface area contributed by atoms with Crippen molar-refractivity contribution in [3.8, 4) is 0 Å². The third kappa shape index (κ3) is 5.34. The molecule has 0 heterocycles. The van der Waals surface area contributed by atoms with Gasteiger partial charge in [0.2, 0.25) is 11.8 Å². The molecule has 0 aliphatic heterocycles. The number of nitrogens with one attached hydrogen (secondary N) is 2. The van der Waals surface area contributed by atoms with Crippen molar-refractivity contribution in [2.24, 2.45) is 0 Å². The molecule has 4 nitrogen and oxygen atoms in total. The van der Waals surface area contributed by atoms with Crippen LogP contribution in [0.2, 0.25) is 0 Å². The Morgan fingerprint density at radius 2 is 1.56 bits per heavy atom. The van der Waals surface area contributed by atoms with Crippen molar-refractivity contribution in [1.82, 2.24) is 10.6 Å². The first-order chi connectivity index (χ1) is 13.2. The predicted octanol–water partition coefficient (Wildman–Crippen LogP) is 3.11. The highest BCUT2D eigenvalue weighted by Crippen LogP contribution is 2.17. The lowest BCUT2D eigenvalue weighted by Gasteiger charge is -2.18. The van der Waals surface area contributed by atoms with Crippen molar-refractivity contribution in [2.45, 2.75) is 19.0 Å². The van der Waals surface area contributed by atoms with E-state index in [1.165, 1.54) is 0 Å². The number of hydrogen-bond donors (Lipinski definition) is 3. The van der Waals surface area contributed by atoms with E-state index in [-0.39, 0.29) is 17.6 Å². The molecule has 3 aromatic rings. The van der Waals surface area contributed by atoms with Crippen LogP contribution in [0.5, 0.6) is 0 Å². The van der Waals surface area contributed by atoms with E-state index in [9.17, 15) is 9.59 Å². The van der Waals surface area contributed by atoms with E-state index in [2.05, 4.69) is 29.3 Å². The Hall–Kier alpha value is -2.79. The maximum Gasteiger partial charge on any atom is 0.243 e. The molecule has 0 radical (unpaired) electrons. The molecule has 2 N–H and O–H groups in total. The fraction of sp³-hybridized carbons (Fsp3) is 0.182. The lowest BCUT2D eigenvalue weighted by molar-refractivity contribution is -0.128. The summed E-state index contributed by atoms with van der Waals surface area (Å²) in [5.74, 6) is -0.429. The van der Waals surface area contributed by atoms with Crippen molar-refractivity contribution < 1.29 is 9.59 Å². The lowest BCUT2D eigenvalue weighted by atomic mass is 10.0. The molecule has 3 rings (SSSR count). The number of amides is 2. The van der Waals surface area contributed by atoms with Gasteiger partial charge in [-0.05, 0) is 21.9 Å². The zero-order valence-electron chi connectivity index (χ0n) is 14.9. The second-order valence-electron chi connectivity index (χ2n) is 6.37. The Kier molecular flexibility index (Phi) is 6.49. The summed E-state index contributed by atoms with van der Waals surface area (Å²) in [5.41, 5.74) is 2.00. The maximum atomic E-state index is 12.7. The summed E-state index contributed by atoms with van der Waals surface area (Å²) >= 11 is 4.00. The Morgan fingerprint density at radius 1 is 0.852 bits per heavy atom. The summed E-state index contributed by atoms with van der Waals surface area (Å²) in [4.78, 5) is 24.5. The molecular formula is C22H22N2O2S. The van der Waals surface area contributed by atoms with Crippen molar-refractivity contribution in [2.75, 3.05) is 5.75 Å². The minimum Gasteiger partial charge on any atom is -0.350 e. The summed E-state index contributed by atoms with van der Waals surface area (Å²) in [6, 6.07) is 23.2. The van der Waals surface area contributed by atoms with Gasteiger partial charge in [-0.2, -0.15) is 12.6 Å². The Morgan fingerprint density at radius 3 is 2.30 bits per heavy atom. The lowest BCUT2D eigenvalue weighted by Crippen LogP contribution is -2.48. The number of benzene rings is 3. The summed E-state index contributed by atoms with van der Waals surface area (Å²) in [7, 11) is 0. The molecule has 0 aromatic heterocycles. The van der Waals surface area contributed by atoms with E-state index in [0.717, 1.165) is 21.9 Å². The van der Waals surface area contributed by atoms with Gasteiger partial charge in [-0.3, -0.25) is 9.59 Å². The largest absolute Gasteiger partial charge is 0.350 e. The molecule has 0 bridgehead atoms. The number of carbonyl (C=O) groups is 2. The van der Waals surface area contributed by atoms with E-state index < -0.39 is 6.04 Å². The first-order valence-electron chi connectivity index (χ1n) is 8.85. The van der Waals surface area contributed by atoms with E-state index in [0.29, 0.717) is 13.0 Å². The average Bonchev–Trinajstić information content (AvgIpc) is 2.72. The molecule has 27 heavy (non-hydrogen) atoms. The molecule has 1 atom stereocenters. The predicted molar refractivity (Wildman–Crippen MR) is 112 cm³/mol. The fourth-order valence-corrected chi connectivity index (χ4v) is 3.05. The fourth-order valence-electron chi connectivity index (χ4n) is 2.96. The molecule has 5 heteroatoms. The molecule has 0 aliphatic rings. The molecule has 0 unspecified atom stereocenters. The summed E-state index contributed by atoms with van der Waals surface area (Å²) in [6.45, 7) is 0.421. The van der Waals surface area contributed by atoms with Gasteiger partial charge < -0.3 is 10.6 Å². The highest BCUT2D eigenvalue weighted by Gasteiger charge is 2.20. The van der Waals surface area contributed by atoms with Gasteiger partial charge in [0.15, 0.2) is 0 Å². The minimum atomic E-state index is -0.644. The van der Waals surface area contributed by atoms with Gasteiger partial charge in [0.05, 0.1) is 5.75 Å². The second-order valence-corrected chi connectivity index (χ2v) is 6.68. The number of carbonyl (C=O) groups excluding carboxylic acids is 2. The zero-order valence-corrected chi connectivity index (χ0v) is 15.8. The number of thiol groups is 1. The second kappa shape index (κ2) is 9.24. The number of hydrogen-bond acceptors (Lipinski definition) is 3. The number of fused-ring (bicyclic) bond motifs is 1. The van der Waals surface area contributed by atoms with Crippen LogP contribution < -0.4 is 10.6 Å². The van der Waals surface area contributed by atoms with Crippen LogP contribution >= 0.6 is 12.6 Å². The molecule has 0 aliphatic carbocycles. The highest BCUT2D eigenvalue weighted by molar-refractivity contribution is 7.81. The van der Waals surface area contributed by atoms with Crippen LogP contribution in [0.1, 0.15) is 11.1 Å². The van der Waals surface area contributed by atoms with Gasteiger partial charge in [-0.15, -0.1) is 0 Å². The quantitative estimate of drug-likeness (QED) is 0.553. The Labute approximate surface area is 164 Å². The summed E-state index contributed by atoms with van der Waals surface area (Å²) in [5, 5.41) is 7.93. The van der Waals surface area contributed by atoms with Crippen molar-refractivity contribution >= 4 is 35.2 Å². The van der Waals surface area contributed by atoms with Crippen LogP contribution in [0.3, 0.4) is 0 Å². The van der Waals surface area contributed by atoms with Crippen molar-refractivity contribution in [3.05, 3.63) is 83.9 Å². The van der Waals surface area contributed by atoms with E-state index in [4.69, 9.17) is 0 Å². The average molecular weight is 378 g/mol. The summed E-state index contributed by atoms with van der Waals surface area (Å²) in [6.07, 6.45) is 0.422. The topological polar surface area (TPSA) is 58.2 Å². The highest BCUT2D eigenvalue weighted by atomic mass is 32.1. The van der Waals surface area contributed by atoms with Crippen LogP contribution in [0.25, 0.3) is 10.8 Å². The molecule has 0 saturated heterocycles. The third-order valence-electron chi connectivity index (χ3n) is 4.36. The molecule has 0 spiro atoms. The monoisotopic (exact) mass is 378 g/mol.